The highest BCUT2D eigenvalue weighted by atomic mass is 19.4. The van der Waals surface area contributed by atoms with Gasteiger partial charge in [0, 0.05) is 18.1 Å². The van der Waals surface area contributed by atoms with Crippen LogP contribution in [0.2, 0.25) is 0 Å². The van der Waals surface area contributed by atoms with Gasteiger partial charge >= 0.3 is 6.18 Å². The first-order valence-corrected chi connectivity index (χ1v) is 10.4. The van der Waals surface area contributed by atoms with Crippen LogP contribution >= 0.6 is 0 Å². The van der Waals surface area contributed by atoms with Crippen LogP contribution in [0.25, 0.3) is 17.2 Å². The van der Waals surface area contributed by atoms with Gasteiger partial charge in [0.05, 0.1) is 23.1 Å². The van der Waals surface area contributed by atoms with Crippen LogP contribution in [0, 0.1) is 6.92 Å². The van der Waals surface area contributed by atoms with Crippen LogP contribution in [0.5, 0.6) is 0 Å². The molecule has 2 aromatic carbocycles. The Hall–Kier alpha value is -4.74. The van der Waals surface area contributed by atoms with Gasteiger partial charge in [0.2, 0.25) is 0 Å². The number of aryl methyl sites for hydroxylation is 1. The van der Waals surface area contributed by atoms with E-state index < -0.39 is 17.6 Å². The Morgan fingerprint density at radius 2 is 1.80 bits per heavy atom. The minimum absolute atomic E-state index is 0.166. The van der Waals surface area contributed by atoms with Crippen molar-refractivity contribution in [3.8, 4) is 17.2 Å². The summed E-state index contributed by atoms with van der Waals surface area (Å²) < 4.78 is 44.2. The average Bonchev–Trinajstić information content (AvgIpc) is 3.61. The molecule has 1 N–H and O–H groups in total. The molecule has 0 aliphatic rings. The Labute approximate surface area is 196 Å². The van der Waals surface area contributed by atoms with Gasteiger partial charge in [0.25, 0.3) is 5.91 Å². The maximum atomic E-state index is 13.3. The topological polar surface area (TPSA) is 95.5 Å². The van der Waals surface area contributed by atoms with E-state index in [0.717, 1.165) is 17.7 Å². The van der Waals surface area contributed by atoms with Gasteiger partial charge in [-0.1, -0.05) is 12.1 Å². The quantitative estimate of drug-likeness (QED) is 0.408. The fraction of sp³-hybridized carbons (Fsp3) is 0.0870. The summed E-state index contributed by atoms with van der Waals surface area (Å²) in [5.74, 6) is -0.190. The van der Waals surface area contributed by atoms with Crippen molar-refractivity contribution in [2.75, 3.05) is 5.32 Å². The van der Waals surface area contributed by atoms with Gasteiger partial charge in [-0.05, 0) is 65.4 Å². The number of aromatic nitrogens is 7. The third kappa shape index (κ3) is 4.28. The van der Waals surface area contributed by atoms with Crippen molar-refractivity contribution >= 4 is 11.6 Å². The van der Waals surface area contributed by atoms with E-state index in [0.29, 0.717) is 17.2 Å². The molecule has 0 atom stereocenters. The molecule has 176 valence electrons. The van der Waals surface area contributed by atoms with Gasteiger partial charge < -0.3 is 9.88 Å². The number of nitrogens with zero attached hydrogens (tertiary/aromatic N) is 7. The number of carbonyl (C=O) groups excluding carboxylic acids is 1. The van der Waals surface area contributed by atoms with Gasteiger partial charge in [0.15, 0.2) is 5.82 Å². The number of anilines is 1. The Morgan fingerprint density at radius 3 is 2.51 bits per heavy atom. The number of hydrogen-bond donors (Lipinski definition) is 1. The lowest BCUT2D eigenvalue weighted by Crippen LogP contribution is -2.16. The van der Waals surface area contributed by atoms with Crippen molar-refractivity contribution in [3.63, 3.8) is 0 Å². The minimum atomic E-state index is -4.51. The van der Waals surface area contributed by atoms with E-state index in [4.69, 9.17) is 0 Å². The molecule has 0 radical (unpaired) electrons. The Kier molecular flexibility index (Phi) is 5.40. The molecule has 5 aromatic rings. The first kappa shape index (κ1) is 22.1. The molecule has 5 rings (SSSR count). The normalized spacial score (nSPS) is 11.5. The summed E-state index contributed by atoms with van der Waals surface area (Å²) in [6.07, 6.45) is 1.60. The van der Waals surface area contributed by atoms with Gasteiger partial charge in [0.1, 0.15) is 11.9 Å². The molecule has 3 aromatic heterocycles. The zero-order valence-corrected chi connectivity index (χ0v) is 18.2. The number of tetrazole rings is 1. The Morgan fingerprint density at radius 1 is 1.00 bits per heavy atom. The highest BCUT2D eigenvalue weighted by molar-refractivity contribution is 6.07. The summed E-state index contributed by atoms with van der Waals surface area (Å²) in [5, 5.41) is 18.2. The monoisotopic (exact) mass is 478 g/mol. The van der Waals surface area contributed by atoms with Crippen LogP contribution in [0.1, 0.15) is 21.5 Å². The van der Waals surface area contributed by atoms with Crippen LogP contribution in [0.3, 0.4) is 0 Å². The number of amides is 1. The molecule has 0 spiro atoms. The lowest BCUT2D eigenvalue weighted by atomic mass is 10.1. The number of carbonyl (C=O) groups is 1. The molecule has 0 aliphatic heterocycles. The predicted octanol–water partition coefficient (Wildman–Crippen LogP) is 4.22. The van der Waals surface area contributed by atoms with Crippen molar-refractivity contribution in [2.24, 2.45) is 0 Å². The van der Waals surface area contributed by atoms with Gasteiger partial charge in [-0.3, -0.25) is 4.79 Å². The number of halogens is 3. The largest absolute Gasteiger partial charge is 0.416 e. The number of alkyl halides is 3. The second-order valence-electron chi connectivity index (χ2n) is 7.64. The van der Waals surface area contributed by atoms with Gasteiger partial charge in [-0.25, -0.2) is 9.36 Å². The third-order valence-electron chi connectivity index (χ3n) is 5.34. The van der Waals surface area contributed by atoms with Crippen LogP contribution in [-0.4, -0.2) is 40.5 Å². The molecule has 0 bridgehead atoms. The molecule has 0 fully saturated rings. The number of benzene rings is 2. The summed E-state index contributed by atoms with van der Waals surface area (Å²) in [7, 11) is 0. The predicted molar refractivity (Wildman–Crippen MR) is 120 cm³/mol. The lowest BCUT2D eigenvalue weighted by Gasteiger charge is -2.14. The molecule has 35 heavy (non-hydrogen) atoms. The maximum Gasteiger partial charge on any atom is 0.416 e. The summed E-state index contributed by atoms with van der Waals surface area (Å²) in [6, 6.07) is 13.6. The average molecular weight is 478 g/mol. The third-order valence-corrected chi connectivity index (χ3v) is 5.34. The zero-order valence-electron chi connectivity index (χ0n) is 18.2. The maximum absolute atomic E-state index is 13.3. The van der Waals surface area contributed by atoms with Crippen molar-refractivity contribution in [3.05, 3.63) is 96.2 Å². The first-order chi connectivity index (χ1) is 16.8. The van der Waals surface area contributed by atoms with Crippen LogP contribution in [0.4, 0.5) is 18.9 Å². The van der Waals surface area contributed by atoms with E-state index >= 15 is 0 Å². The van der Waals surface area contributed by atoms with Crippen LogP contribution in [-0.2, 0) is 6.18 Å². The molecule has 1 amide bonds. The molecule has 0 saturated carbocycles. The zero-order chi connectivity index (χ0) is 24.6. The summed E-state index contributed by atoms with van der Waals surface area (Å²) in [4.78, 5) is 13.3. The molecule has 12 heteroatoms. The molecule has 3 heterocycles. The fourth-order valence-corrected chi connectivity index (χ4v) is 3.59. The van der Waals surface area contributed by atoms with Crippen LogP contribution in [0.15, 0.2) is 79.5 Å². The first-order valence-electron chi connectivity index (χ1n) is 10.4. The van der Waals surface area contributed by atoms with Crippen molar-refractivity contribution < 1.29 is 18.0 Å². The molecule has 0 saturated heterocycles. The van der Waals surface area contributed by atoms with Crippen molar-refractivity contribution in [1.29, 1.82) is 0 Å². The van der Waals surface area contributed by atoms with Crippen molar-refractivity contribution in [1.82, 2.24) is 34.6 Å². The SMILES string of the molecule is Cc1ccc(-n2cnnn2)cc1NC(=O)c1cnn(-c2cccc(C(F)(F)F)c2)c1-n1cccc1. The van der Waals surface area contributed by atoms with E-state index in [1.165, 1.54) is 34.0 Å². The summed E-state index contributed by atoms with van der Waals surface area (Å²) in [5.41, 5.74) is 1.48. The summed E-state index contributed by atoms with van der Waals surface area (Å²) >= 11 is 0. The van der Waals surface area contributed by atoms with E-state index in [9.17, 15) is 18.0 Å². The van der Waals surface area contributed by atoms with E-state index in [1.54, 1.807) is 41.2 Å². The van der Waals surface area contributed by atoms with Crippen molar-refractivity contribution in [2.45, 2.75) is 13.1 Å². The smallest absolute Gasteiger partial charge is 0.322 e. The van der Waals surface area contributed by atoms with E-state index in [-0.39, 0.29) is 11.3 Å². The highest BCUT2D eigenvalue weighted by Crippen LogP contribution is 2.31. The minimum Gasteiger partial charge on any atom is -0.322 e. The van der Waals surface area contributed by atoms with E-state index in [1.807, 2.05) is 13.0 Å². The standard InChI is InChI=1S/C23H17F3N8O/c1-15-7-8-17(33-14-27-30-31-33)12-20(15)29-21(35)19-13-28-34(22(19)32-9-2-3-10-32)18-6-4-5-16(11-18)23(24,25)26/h2-14H,1H3,(H,29,35). The van der Waals surface area contributed by atoms with Crippen LogP contribution < -0.4 is 5.32 Å². The molecule has 9 nitrogen and oxygen atoms in total. The second kappa shape index (κ2) is 8.56. The van der Waals surface area contributed by atoms with E-state index in [2.05, 4.69) is 25.9 Å². The Bertz CT molecular complexity index is 1490. The molecular weight excluding hydrogens is 461 g/mol. The molecule has 0 aliphatic carbocycles. The fourth-order valence-electron chi connectivity index (χ4n) is 3.59. The highest BCUT2D eigenvalue weighted by Gasteiger charge is 2.31. The second-order valence-corrected chi connectivity index (χ2v) is 7.64. The van der Waals surface area contributed by atoms with Gasteiger partial charge in [-0.2, -0.15) is 18.3 Å². The Balaban J connectivity index is 1.55. The summed E-state index contributed by atoms with van der Waals surface area (Å²) in [6.45, 7) is 1.83. The molecular formula is C23H17F3N8O. The lowest BCUT2D eigenvalue weighted by molar-refractivity contribution is -0.137. The number of hydrogen-bond acceptors (Lipinski definition) is 5. The number of nitrogens with one attached hydrogen (secondary N) is 1. The number of rotatable bonds is 5. The molecule has 0 unspecified atom stereocenters. The van der Waals surface area contributed by atoms with Gasteiger partial charge in [-0.15, -0.1) is 5.10 Å².